The molecule has 0 amide bonds. The van der Waals surface area contributed by atoms with Gasteiger partial charge < -0.3 is 0 Å². The number of hydrogen-bond acceptors (Lipinski definition) is 4. The summed E-state index contributed by atoms with van der Waals surface area (Å²) in [4.78, 5) is 0. The summed E-state index contributed by atoms with van der Waals surface area (Å²) in [5, 5.41) is 25.9. The average Bonchev–Trinajstić information content (AvgIpc) is 1.46. The molecule has 0 saturated carbocycles. The highest BCUT2D eigenvalue weighted by Gasteiger charge is 2.25. The first-order chi connectivity index (χ1) is 49.6. The van der Waals surface area contributed by atoms with E-state index < -0.39 is 0 Å². The maximum atomic E-state index is 2.52. The van der Waals surface area contributed by atoms with Crippen molar-refractivity contribution in [2.24, 2.45) is 0 Å². The lowest BCUT2D eigenvalue weighted by Crippen LogP contribution is -1.92. The van der Waals surface area contributed by atoms with Crippen molar-refractivity contribution in [3.63, 3.8) is 0 Å². The zero-order chi connectivity index (χ0) is 65.3. The number of thiophene rings is 4. The van der Waals surface area contributed by atoms with Crippen LogP contribution in [0, 0.1) is 0 Å². The van der Waals surface area contributed by atoms with Gasteiger partial charge in [-0.05, 0) is 198 Å². The van der Waals surface area contributed by atoms with E-state index in [0.717, 1.165) is 0 Å². The second-order valence-corrected chi connectivity index (χ2v) is 31.0. The summed E-state index contributed by atoms with van der Waals surface area (Å²) >= 11 is 7.71. The van der Waals surface area contributed by atoms with Crippen molar-refractivity contribution >= 4 is 191 Å². The summed E-state index contributed by atoms with van der Waals surface area (Å²) in [6, 6.07) is 124. The molecule has 4 aromatic heterocycles. The lowest BCUT2D eigenvalue weighted by Gasteiger charge is -2.20. The third-order valence-corrected chi connectivity index (χ3v) is 26.1. The SMILES string of the molecule is c1ccc(-c2cccc(-c3c4ccccc4c(-c4ccc5c(c4)sc4c6ccccc6c6c7cc(-c8cccc(-c9cccc(-c%10c%11ccccc%11c(-c%11cc%12c%13ccccc%13sc%12c%12cc%13sc%14ccccc%14c%13cc%11%12)c%11ccccc%10%11)c9)c8)ccc7sc6c54)c4ccccc34)c2)cc1. The molecular weight excluding hydrogens is 1280 g/mol. The second kappa shape index (κ2) is 22.0. The van der Waals surface area contributed by atoms with Gasteiger partial charge in [0.15, 0.2) is 0 Å². The van der Waals surface area contributed by atoms with E-state index in [1.807, 2.05) is 45.3 Å². The van der Waals surface area contributed by atoms with Gasteiger partial charge in [0.25, 0.3) is 0 Å². The molecule has 0 nitrogen and oxygen atoms in total. The van der Waals surface area contributed by atoms with Crippen molar-refractivity contribution in [3.8, 4) is 77.9 Å². The molecule has 100 heavy (non-hydrogen) atoms. The fourth-order valence-electron chi connectivity index (χ4n) is 17.0. The first kappa shape index (κ1) is 56.4. The van der Waals surface area contributed by atoms with Crippen LogP contribution >= 0.6 is 45.3 Å². The molecule has 0 bridgehead atoms. The minimum atomic E-state index is 1.19. The molecule has 0 atom stereocenters. The number of fused-ring (bicyclic) bond motifs is 22. The predicted molar refractivity (Wildman–Crippen MR) is 441 cm³/mol. The van der Waals surface area contributed by atoms with Crippen molar-refractivity contribution in [3.05, 3.63) is 328 Å². The third kappa shape index (κ3) is 8.43. The van der Waals surface area contributed by atoms with Crippen molar-refractivity contribution in [2.45, 2.75) is 0 Å². The van der Waals surface area contributed by atoms with Crippen molar-refractivity contribution in [1.82, 2.24) is 0 Å². The zero-order valence-corrected chi connectivity index (χ0v) is 57.1. The van der Waals surface area contributed by atoms with Gasteiger partial charge in [0, 0.05) is 91.5 Å². The Labute approximate surface area is 591 Å². The molecule has 4 heteroatoms. The molecule has 0 aliphatic heterocycles. The summed E-state index contributed by atoms with van der Waals surface area (Å²) in [5.41, 5.74) is 17.3. The molecule has 0 fully saturated rings. The summed E-state index contributed by atoms with van der Waals surface area (Å²) < 4.78 is 10.6. The molecule has 462 valence electrons. The normalized spacial score (nSPS) is 12.2. The van der Waals surface area contributed by atoms with Crippen LogP contribution in [-0.4, -0.2) is 0 Å². The fraction of sp³-hybridized carbons (Fsp3) is 0. The monoisotopic (exact) mass is 1330 g/mol. The number of hydrogen-bond donors (Lipinski definition) is 0. The quantitative estimate of drug-likeness (QED) is 0.140. The lowest BCUT2D eigenvalue weighted by atomic mass is 9.83. The summed E-state index contributed by atoms with van der Waals surface area (Å²) in [6.45, 7) is 0. The maximum Gasteiger partial charge on any atom is 0.0455 e. The summed E-state index contributed by atoms with van der Waals surface area (Å²) in [5.74, 6) is 0. The van der Waals surface area contributed by atoms with Gasteiger partial charge in [-0.25, -0.2) is 0 Å². The van der Waals surface area contributed by atoms with Crippen LogP contribution in [0.5, 0.6) is 0 Å². The summed E-state index contributed by atoms with van der Waals surface area (Å²) in [6.07, 6.45) is 0. The van der Waals surface area contributed by atoms with E-state index in [0.29, 0.717) is 0 Å². The van der Waals surface area contributed by atoms with Crippen LogP contribution in [0.15, 0.2) is 328 Å². The first-order valence-electron chi connectivity index (χ1n) is 34.3. The van der Waals surface area contributed by atoms with Gasteiger partial charge in [-0.3, -0.25) is 0 Å². The Morgan fingerprint density at radius 1 is 0.140 bits per heavy atom. The van der Waals surface area contributed by atoms with Crippen LogP contribution in [0.25, 0.3) is 223 Å². The maximum absolute atomic E-state index is 2.52. The van der Waals surface area contributed by atoms with E-state index in [4.69, 9.17) is 0 Å². The Balaban J connectivity index is 0.661. The Kier molecular flexibility index (Phi) is 12.4. The topological polar surface area (TPSA) is 0 Å². The van der Waals surface area contributed by atoms with Crippen LogP contribution in [0.4, 0.5) is 0 Å². The minimum absolute atomic E-state index is 1.19. The van der Waals surface area contributed by atoms with E-state index >= 15 is 0 Å². The molecule has 0 unspecified atom stereocenters. The van der Waals surface area contributed by atoms with Crippen LogP contribution in [-0.2, 0) is 0 Å². The van der Waals surface area contributed by atoms with Gasteiger partial charge >= 0.3 is 0 Å². The Hall–Kier alpha value is -11.6. The molecule has 0 aliphatic carbocycles. The van der Waals surface area contributed by atoms with E-state index in [9.17, 15) is 0 Å². The molecule has 0 saturated heterocycles. The lowest BCUT2D eigenvalue weighted by molar-refractivity contribution is 1.60. The van der Waals surface area contributed by atoms with Gasteiger partial charge in [-0.2, -0.15) is 0 Å². The molecule has 0 radical (unpaired) electrons. The molecule has 18 aromatic carbocycles. The third-order valence-electron chi connectivity index (χ3n) is 21.4. The standard InChI is InChI=1S/C96H54S4/c1-2-21-55(22-3-1)56-23-19-27-61(48-56)88-66-31-4-6-33-68(66)90(69-34-7-5-32-67(69)88)63-43-45-76-86(51-63)100-95-75-40-13-12-39-74(75)92-82-50-60(44-46-85(82)99-96(92)93(76)95)58-25-18-24-57(47-58)59-26-20-28-62(49-59)89-70-35-8-10-37-72(70)91(73-38-11-9-36-71(73)89)79-53-80-65-30-15-17-42-84(65)98-94(80)81-54-87-78(52-77(79)81)64-29-14-16-41-83(64)97-87/h1-54H. The molecular formula is C96H54S4. The Bertz CT molecular complexity index is 7160. The van der Waals surface area contributed by atoms with Crippen LogP contribution in [0.3, 0.4) is 0 Å². The van der Waals surface area contributed by atoms with Crippen LogP contribution in [0.2, 0.25) is 0 Å². The highest BCUT2D eigenvalue weighted by Crippen LogP contribution is 2.54. The predicted octanol–water partition coefficient (Wildman–Crippen LogP) is 29.7. The van der Waals surface area contributed by atoms with Crippen LogP contribution in [0.1, 0.15) is 0 Å². The smallest absolute Gasteiger partial charge is 0.0455 e. The molecule has 4 heterocycles. The van der Waals surface area contributed by atoms with Crippen molar-refractivity contribution in [2.75, 3.05) is 0 Å². The number of rotatable bonds is 7. The van der Waals surface area contributed by atoms with E-state index in [1.165, 1.54) is 223 Å². The Morgan fingerprint density at radius 3 is 1.12 bits per heavy atom. The minimum Gasteiger partial charge on any atom is -0.135 e. The van der Waals surface area contributed by atoms with Crippen molar-refractivity contribution in [1.29, 1.82) is 0 Å². The summed E-state index contributed by atoms with van der Waals surface area (Å²) in [7, 11) is 0. The number of benzene rings is 18. The average molecular weight is 1340 g/mol. The zero-order valence-electron chi connectivity index (χ0n) is 53.8. The van der Waals surface area contributed by atoms with Gasteiger partial charge in [0.1, 0.15) is 0 Å². The van der Waals surface area contributed by atoms with E-state index in [1.54, 1.807) is 0 Å². The highest BCUT2D eigenvalue weighted by molar-refractivity contribution is 7.30. The first-order valence-corrected chi connectivity index (χ1v) is 37.5. The fourth-order valence-corrected chi connectivity index (χ4v) is 22.0. The van der Waals surface area contributed by atoms with Gasteiger partial charge in [0.05, 0.1) is 0 Å². The Morgan fingerprint density at radius 2 is 0.530 bits per heavy atom. The van der Waals surface area contributed by atoms with E-state index in [-0.39, 0.29) is 0 Å². The molecule has 0 N–H and O–H groups in total. The highest BCUT2D eigenvalue weighted by atomic mass is 32.1. The van der Waals surface area contributed by atoms with E-state index in [2.05, 4.69) is 328 Å². The van der Waals surface area contributed by atoms with Gasteiger partial charge in [-0.15, -0.1) is 45.3 Å². The van der Waals surface area contributed by atoms with Gasteiger partial charge in [0.2, 0.25) is 0 Å². The van der Waals surface area contributed by atoms with Gasteiger partial charge in [-0.1, -0.05) is 261 Å². The molecule has 0 spiro atoms. The second-order valence-electron chi connectivity index (χ2n) is 26.8. The molecule has 22 rings (SSSR count). The van der Waals surface area contributed by atoms with Crippen molar-refractivity contribution < 1.29 is 0 Å². The molecule has 0 aliphatic rings. The molecule has 22 aromatic rings. The largest absolute Gasteiger partial charge is 0.135 e. The van der Waals surface area contributed by atoms with Crippen LogP contribution < -0.4 is 0 Å².